The van der Waals surface area contributed by atoms with Gasteiger partial charge in [0.25, 0.3) is 0 Å². The van der Waals surface area contributed by atoms with Crippen LogP contribution in [0.4, 0.5) is 0 Å². The van der Waals surface area contributed by atoms with Crippen molar-refractivity contribution in [2.75, 3.05) is 0 Å². The number of hydrogen-bond donors (Lipinski definition) is 1. The standard InChI is InChI=1S/C5H11N.C2H6/c1-3-4-5(2)6;1-2/h6H,3-4H2,1-2H3;1-2H3. The van der Waals surface area contributed by atoms with E-state index < -0.39 is 0 Å². The fraction of sp³-hybridized carbons (Fsp3) is 0.857. The first-order valence-corrected chi connectivity index (χ1v) is 3.31. The van der Waals surface area contributed by atoms with Crippen molar-refractivity contribution in [1.82, 2.24) is 0 Å². The van der Waals surface area contributed by atoms with Crippen molar-refractivity contribution in [1.29, 1.82) is 5.41 Å². The molecule has 0 atom stereocenters. The predicted molar refractivity (Wildman–Crippen MR) is 39.7 cm³/mol. The average Bonchev–Trinajstić information content (AvgIpc) is 1.72. The molecule has 0 aliphatic rings. The zero-order valence-electron chi connectivity index (χ0n) is 6.41. The second kappa shape index (κ2) is 9.83. The van der Waals surface area contributed by atoms with Crippen LogP contribution in [-0.4, -0.2) is 5.71 Å². The topological polar surface area (TPSA) is 23.9 Å². The quantitative estimate of drug-likeness (QED) is 0.535. The normalized spacial score (nSPS) is 7.00. The Balaban J connectivity index is 0. The van der Waals surface area contributed by atoms with Crippen LogP contribution in [0.15, 0.2) is 0 Å². The molecule has 50 valence electrons. The fourth-order valence-corrected chi connectivity index (χ4v) is 0.375. The molecule has 0 aromatic carbocycles. The maximum Gasteiger partial charge on any atom is 0.00581 e. The van der Waals surface area contributed by atoms with E-state index in [-0.39, 0.29) is 0 Å². The summed E-state index contributed by atoms with van der Waals surface area (Å²) in [4.78, 5) is 0. The first-order chi connectivity index (χ1) is 3.77. The SMILES string of the molecule is CC.CCCC(C)=N. The van der Waals surface area contributed by atoms with Crippen molar-refractivity contribution < 1.29 is 0 Å². The molecule has 1 nitrogen and oxygen atoms in total. The van der Waals surface area contributed by atoms with Gasteiger partial charge >= 0.3 is 0 Å². The highest BCUT2D eigenvalue weighted by molar-refractivity contribution is 5.78. The molecule has 0 heterocycles. The number of hydrogen-bond acceptors (Lipinski definition) is 1. The largest absolute Gasteiger partial charge is 0.310 e. The lowest BCUT2D eigenvalue weighted by molar-refractivity contribution is 0.981. The third-order valence-electron chi connectivity index (χ3n) is 0.625. The summed E-state index contributed by atoms with van der Waals surface area (Å²) in [6, 6.07) is 0. The maximum atomic E-state index is 6.89. The molecule has 0 saturated heterocycles. The van der Waals surface area contributed by atoms with Gasteiger partial charge in [0.1, 0.15) is 0 Å². The molecule has 0 rings (SSSR count). The Morgan fingerprint density at radius 1 is 1.38 bits per heavy atom. The molecule has 0 saturated carbocycles. The Morgan fingerprint density at radius 3 is 1.75 bits per heavy atom. The fourth-order valence-electron chi connectivity index (χ4n) is 0.375. The molecule has 0 spiro atoms. The van der Waals surface area contributed by atoms with Crippen LogP contribution in [0.5, 0.6) is 0 Å². The van der Waals surface area contributed by atoms with E-state index in [0.717, 1.165) is 18.6 Å². The van der Waals surface area contributed by atoms with E-state index in [2.05, 4.69) is 6.92 Å². The van der Waals surface area contributed by atoms with Crippen molar-refractivity contribution in [3.05, 3.63) is 0 Å². The van der Waals surface area contributed by atoms with Gasteiger partial charge in [-0.2, -0.15) is 0 Å². The molecule has 0 fully saturated rings. The second-order valence-corrected chi connectivity index (χ2v) is 1.53. The molecule has 0 amide bonds. The molecule has 1 N–H and O–H groups in total. The van der Waals surface area contributed by atoms with E-state index >= 15 is 0 Å². The zero-order valence-corrected chi connectivity index (χ0v) is 6.41. The average molecular weight is 115 g/mol. The van der Waals surface area contributed by atoms with Gasteiger partial charge in [-0.25, -0.2) is 0 Å². The molecule has 0 aliphatic heterocycles. The van der Waals surface area contributed by atoms with Crippen molar-refractivity contribution in [2.45, 2.75) is 40.5 Å². The highest BCUT2D eigenvalue weighted by atomic mass is 14.4. The molecular formula is C7H17N. The Bertz CT molecular complexity index is 48.3. The minimum absolute atomic E-state index is 0.789. The van der Waals surface area contributed by atoms with Crippen LogP contribution in [0, 0.1) is 5.41 Å². The summed E-state index contributed by atoms with van der Waals surface area (Å²) in [5.41, 5.74) is 0.789. The molecule has 0 bridgehead atoms. The molecule has 8 heavy (non-hydrogen) atoms. The van der Waals surface area contributed by atoms with Crippen LogP contribution >= 0.6 is 0 Å². The molecule has 0 aliphatic carbocycles. The summed E-state index contributed by atoms with van der Waals surface area (Å²) in [6.07, 6.45) is 2.06. The first-order valence-electron chi connectivity index (χ1n) is 3.31. The van der Waals surface area contributed by atoms with Gasteiger partial charge in [-0.1, -0.05) is 27.2 Å². The minimum Gasteiger partial charge on any atom is -0.310 e. The van der Waals surface area contributed by atoms with Gasteiger partial charge in [-0.15, -0.1) is 0 Å². The highest BCUT2D eigenvalue weighted by Gasteiger charge is 1.78. The molecule has 1 heteroatoms. The third kappa shape index (κ3) is 17.3. The summed E-state index contributed by atoms with van der Waals surface area (Å²) in [5.74, 6) is 0. The summed E-state index contributed by atoms with van der Waals surface area (Å²) >= 11 is 0. The summed E-state index contributed by atoms with van der Waals surface area (Å²) in [7, 11) is 0. The predicted octanol–water partition coefficient (Wildman–Crippen LogP) is 2.85. The van der Waals surface area contributed by atoms with Crippen molar-refractivity contribution in [3.63, 3.8) is 0 Å². The van der Waals surface area contributed by atoms with Crippen LogP contribution in [0.2, 0.25) is 0 Å². The zero-order chi connectivity index (χ0) is 6.99. The van der Waals surface area contributed by atoms with Crippen LogP contribution in [0.1, 0.15) is 40.5 Å². The van der Waals surface area contributed by atoms with E-state index in [4.69, 9.17) is 5.41 Å². The highest BCUT2D eigenvalue weighted by Crippen LogP contribution is 1.85. The van der Waals surface area contributed by atoms with Gasteiger partial charge in [0.2, 0.25) is 0 Å². The summed E-state index contributed by atoms with van der Waals surface area (Å²) < 4.78 is 0. The van der Waals surface area contributed by atoms with E-state index in [1.54, 1.807) is 0 Å². The Morgan fingerprint density at radius 2 is 1.75 bits per heavy atom. The van der Waals surface area contributed by atoms with Gasteiger partial charge in [-0.3, -0.25) is 0 Å². The van der Waals surface area contributed by atoms with Gasteiger partial charge in [0.05, 0.1) is 0 Å². The minimum atomic E-state index is 0.789. The van der Waals surface area contributed by atoms with Crippen LogP contribution in [0.3, 0.4) is 0 Å². The van der Waals surface area contributed by atoms with Gasteiger partial charge in [0.15, 0.2) is 0 Å². The Labute approximate surface area is 52.6 Å². The van der Waals surface area contributed by atoms with Crippen LogP contribution in [-0.2, 0) is 0 Å². The van der Waals surface area contributed by atoms with Crippen molar-refractivity contribution >= 4 is 5.71 Å². The second-order valence-electron chi connectivity index (χ2n) is 1.53. The monoisotopic (exact) mass is 115 g/mol. The Kier molecular flexibility index (Phi) is 13.0. The lowest BCUT2D eigenvalue weighted by atomic mass is 10.2. The Hall–Kier alpha value is -0.330. The van der Waals surface area contributed by atoms with Crippen molar-refractivity contribution in [2.24, 2.45) is 0 Å². The lowest BCUT2D eigenvalue weighted by Gasteiger charge is -1.85. The van der Waals surface area contributed by atoms with Gasteiger partial charge in [-0.05, 0) is 13.3 Å². The van der Waals surface area contributed by atoms with E-state index in [0.29, 0.717) is 0 Å². The van der Waals surface area contributed by atoms with E-state index in [9.17, 15) is 0 Å². The van der Waals surface area contributed by atoms with Crippen molar-refractivity contribution in [3.8, 4) is 0 Å². The smallest absolute Gasteiger partial charge is 0.00581 e. The summed E-state index contributed by atoms with van der Waals surface area (Å²) in [6.45, 7) is 7.92. The third-order valence-corrected chi connectivity index (χ3v) is 0.625. The van der Waals surface area contributed by atoms with E-state index in [1.165, 1.54) is 0 Å². The number of nitrogens with one attached hydrogen (secondary N) is 1. The van der Waals surface area contributed by atoms with Gasteiger partial charge in [0, 0.05) is 5.71 Å². The molecule has 0 aromatic rings. The molecular weight excluding hydrogens is 98.1 g/mol. The van der Waals surface area contributed by atoms with Gasteiger partial charge < -0.3 is 5.41 Å². The molecule has 0 unspecified atom stereocenters. The van der Waals surface area contributed by atoms with Crippen LogP contribution in [0.25, 0.3) is 0 Å². The molecule has 0 aromatic heterocycles. The van der Waals surface area contributed by atoms with E-state index in [1.807, 2.05) is 20.8 Å². The first kappa shape index (κ1) is 10.6. The number of rotatable bonds is 2. The summed E-state index contributed by atoms with van der Waals surface area (Å²) in [5, 5.41) is 6.89. The maximum absolute atomic E-state index is 6.89. The molecule has 0 radical (unpaired) electrons. The lowest BCUT2D eigenvalue weighted by Crippen LogP contribution is -1.82. The van der Waals surface area contributed by atoms with Crippen LogP contribution < -0.4 is 0 Å².